The second kappa shape index (κ2) is 9.20. The molecule has 1 aromatic heterocycles. The van der Waals surface area contributed by atoms with Crippen molar-refractivity contribution in [3.63, 3.8) is 0 Å². The first-order chi connectivity index (χ1) is 14.2. The molecule has 0 bridgehead atoms. The molecule has 29 heavy (non-hydrogen) atoms. The SMILES string of the molecule is NC1(c2cccc(-c3ccncc3)c2)N=CC=C(NCCCN2CCCCC2)N1. The number of nitrogens with one attached hydrogen (secondary N) is 2. The maximum absolute atomic E-state index is 6.63. The number of nitrogens with two attached hydrogens (primary N) is 1. The van der Waals surface area contributed by atoms with Crippen molar-refractivity contribution in [2.45, 2.75) is 31.5 Å². The van der Waals surface area contributed by atoms with Crippen molar-refractivity contribution in [1.29, 1.82) is 0 Å². The van der Waals surface area contributed by atoms with Crippen molar-refractivity contribution >= 4 is 6.21 Å². The molecule has 1 fully saturated rings. The Morgan fingerprint density at radius 3 is 2.72 bits per heavy atom. The third kappa shape index (κ3) is 5.02. The number of likely N-dealkylation sites (tertiary alicyclic amines) is 1. The van der Waals surface area contributed by atoms with Gasteiger partial charge in [0, 0.05) is 30.7 Å². The third-order valence-corrected chi connectivity index (χ3v) is 5.58. The smallest absolute Gasteiger partial charge is 0.210 e. The Kier molecular flexibility index (Phi) is 6.22. The molecule has 1 aromatic carbocycles. The predicted molar refractivity (Wildman–Crippen MR) is 118 cm³/mol. The molecular weight excluding hydrogens is 360 g/mol. The van der Waals surface area contributed by atoms with Crippen LogP contribution in [0.15, 0.2) is 65.7 Å². The summed E-state index contributed by atoms with van der Waals surface area (Å²) in [5, 5.41) is 6.84. The van der Waals surface area contributed by atoms with Gasteiger partial charge in [0.15, 0.2) is 0 Å². The van der Waals surface area contributed by atoms with Gasteiger partial charge in [0.25, 0.3) is 0 Å². The molecule has 0 saturated carbocycles. The Balaban J connectivity index is 1.35. The normalized spacial score (nSPS) is 22.0. The molecule has 4 rings (SSSR count). The number of piperidine rings is 1. The van der Waals surface area contributed by atoms with Gasteiger partial charge in [-0.25, -0.2) is 4.99 Å². The van der Waals surface area contributed by atoms with Gasteiger partial charge < -0.3 is 15.5 Å². The van der Waals surface area contributed by atoms with E-state index in [0.29, 0.717) is 0 Å². The first-order valence-corrected chi connectivity index (χ1v) is 10.5. The maximum Gasteiger partial charge on any atom is 0.210 e. The van der Waals surface area contributed by atoms with Gasteiger partial charge in [-0.2, -0.15) is 0 Å². The summed E-state index contributed by atoms with van der Waals surface area (Å²) in [7, 11) is 0. The summed E-state index contributed by atoms with van der Waals surface area (Å²) in [6, 6.07) is 12.2. The van der Waals surface area contributed by atoms with Crippen LogP contribution in [0.2, 0.25) is 0 Å². The van der Waals surface area contributed by atoms with Gasteiger partial charge in [0.2, 0.25) is 5.79 Å². The molecule has 0 spiro atoms. The van der Waals surface area contributed by atoms with Gasteiger partial charge in [-0.1, -0.05) is 24.6 Å². The standard InChI is InChI=1S/C23H30N6/c24-23(21-7-4-6-20(18-21)19-8-12-25-13-9-19)27-14-10-22(28-23)26-11-5-17-29-15-2-1-3-16-29/h4,6-10,12-14,18,26,28H,1-3,5,11,15-17,24H2. The summed E-state index contributed by atoms with van der Waals surface area (Å²) >= 11 is 0. The summed E-state index contributed by atoms with van der Waals surface area (Å²) in [6.45, 7) is 4.55. The predicted octanol–water partition coefficient (Wildman–Crippen LogP) is 2.80. The molecule has 1 saturated heterocycles. The molecule has 6 heteroatoms. The lowest BCUT2D eigenvalue weighted by atomic mass is 10.0. The third-order valence-electron chi connectivity index (χ3n) is 5.58. The van der Waals surface area contributed by atoms with E-state index in [-0.39, 0.29) is 0 Å². The molecule has 0 aliphatic carbocycles. The molecule has 6 nitrogen and oxygen atoms in total. The fourth-order valence-electron chi connectivity index (χ4n) is 3.95. The number of benzene rings is 1. The number of allylic oxidation sites excluding steroid dienone is 1. The van der Waals surface area contributed by atoms with E-state index in [1.54, 1.807) is 18.6 Å². The van der Waals surface area contributed by atoms with Crippen LogP contribution in [-0.4, -0.2) is 42.3 Å². The number of hydrogen-bond acceptors (Lipinski definition) is 6. The lowest BCUT2D eigenvalue weighted by Gasteiger charge is -2.32. The van der Waals surface area contributed by atoms with Crippen LogP contribution in [0, 0.1) is 0 Å². The number of rotatable bonds is 7. The van der Waals surface area contributed by atoms with Crippen LogP contribution in [0.4, 0.5) is 0 Å². The number of aromatic nitrogens is 1. The van der Waals surface area contributed by atoms with Crippen LogP contribution in [0.5, 0.6) is 0 Å². The molecule has 0 amide bonds. The zero-order valence-corrected chi connectivity index (χ0v) is 16.8. The molecule has 4 N–H and O–H groups in total. The van der Waals surface area contributed by atoms with Gasteiger partial charge in [0.1, 0.15) is 5.82 Å². The number of pyridine rings is 1. The molecule has 0 radical (unpaired) electrons. The van der Waals surface area contributed by atoms with Crippen LogP contribution in [0.25, 0.3) is 11.1 Å². The summed E-state index contributed by atoms with van der Waals surface area (Å²) in [6.07, 6.45) is 12.5. The quantitative estimate of drug-likeness (QED) is 0.634. The highest BCUT2D eigenvalue weighted by molar-refractivity contribution is 5.74. The Hall–Kier alpha value is -2.70. The van der Waals surface area contributed by atoms with Crippen LogP contribution >= 0.6 is 0 Å². The molecule has 2 aliphatic rings. The average molecular weight is 391 g/mol. The van der Waals surface area contributed by atoms with Crippen LogP contribution in [0.1, 0.15) is 31.2 Å². The van der Waals surface area contributed by atoms with E-state index >= 15 is 0 Å². The number of hydrogen-bond donors (Lipinski definition) is 3. The topological polar surface area (TPSA) is 78.6 Å². The minimum Gasteiger partial charge on any atom is -0.372 e. The average Bonchev–Trinajstić information content (AvgIpc) is 2.78. The first kappa shape index (κ1) is 19.6. The zero-order valence-electron chi connectivity index (χ0n) is 16.8. The molecule has 1 unspecified atom stereocenters. The molecule has 1 atom stereocenters. The van der Waals surface area contributed by atoms with E-state index < -0.39 is 5.79 Å². The molecule has 2 aliphatic heterocycles. The Labute approximate surface area is 172 Å². The fraction of sp³-hybridized carbons (Fsp3) is 0.391. The van der Waals surface area contributed by atoms with Gasteiger partial charge >= 0.3 is 0 Å². The van der Waals surface area contributed by atoms with E-state index in [9.17, 15) is 0 Å². The van der Waals surface area contributed by atoms with Gasteiger partial charge in [-0.15, -0.1) is 0 Å². The monoisotopic (exact) mass is 390 g/mol. The first-order valence-electron chi connectivity index (χ1n) is 10.5. The lowest BCUT2D eigenvalue weighted by molar-refractivity contribution is 0.226. The molecular formula is C23H30N6. The van der Waals surface area contributed by atoms with Crippen molar-refractivity contribution in [3.8, 4) is 11.1 Å². The van der Waals surface area contributed by atoms with Crippen LogP contribution < -0.4 is 16.4 Å². The highest BCUT2D eigenvalue weighted by atomic mass is 15.3. The summed E-state index contributed by atoms with van der Waals surface area (Å²) in [4.78, 5) is 11.2. The van der Waals surface area contributed by atoms with Crippen LogP contribution in [0.3, 0.4) is 0 Å². The van der Waals surface area contributed by atoms with Crippen molar-refractivity contribution in [2.24, 2.45) is 10.7 Å². The molecule has 152 valence electrons. The number of aliphatic imine (C=N–C) groups is 1. The Bertz CT molecular complexity index is 857. The van der Waals surface area contributed by atoms with E-state index in [0.717, 1.165) is 42.0 Å². The van der Waals surface area contributed by atoms with E-state index in [1.807, 2.05) is 30.3 Å². The van der Waals surface area contributed by atoms with E-state index in [2.05, 4.69) is 37.6 Å². The van der Waals surface area contributed by atoms with Crippen molar-refractivity contribution < 1.29 is 0 Å². The van der Waals surface area contributed by atoms with Crippen LogP contribution in [-0.2, 0) is 5.79 Å². The van der Waals surface area contributed by atoms with Crippen molar-refractivity contribution in [3.05, 3.63) is 66.3 Å². The largest absolute Gasteiger partial charge is 0.372 e. The number of nitrogens with zero attached hydrogens (tertiary/aromatic N) is 3. The highest BCUT2D eigenvalue weighted by Gasteiger charge is 2.28. The molecule has 3 heterocycles. The van der Waals surface area contributed by atoms with E-state index in [1.165, 1.54) is 32.4 Å². The van der Waals surface area contributed by atoms with Crippen molar-refractivity contribution in [1.82, 2.24) is 20.5 Å². The second-order valence-corrected chi connectivity index (χ2v) is 7.75. The summed E-state index contributed by atoms with van der Waals surface area (Å²) in [5.41, 5.74) is 9.75. The minimum absolute atomic E-state index is 0.912. The van der Waals surface area contributed by atoms with E-state index in [4.69, 9.17) is 5.73 Å². The summed E-state index contributed by atoms with van der Waals surface area (Å²) in [5.74, 6) is -0.0667. The molecule has 2 aromatic rings. The second-order valence-electron chi connectivity index (χ2n) is 7.75. The summed E-state index contributed by atoms with van der Waals surface area (Å²) < 4.78 is 0. The fourth-order valence-corrected chi connectivity index (χ4v) is 3.95. The Morgan fingerprint density at radius 1 is 1.07 bits per heavy atom. The van der Waals surface area contributed by atoms with Gasteiger partial charge in [0.05, 0.1) is 0 Å². The Morgan fingerprint density at radius 2 is 1.90 bits per heavy atom. The van der Waals surface area contributed by atoms with Gasteiger partial charge in [-0.3, -0.25) is 10.7 Å². The maximum atomic E-state index is 6.63. The highest BCUT2D eigenvalue weighted by Crippen LogP contribution is 2.26. The lowest BCUT2D eigenvalue weighted by Crippen LogP contribution is -2.52. The van der Waals surface area contributed by atoms with Gasteiger partial charge in [-0.05, 0) is 74.3 Å². The minimum atomic E-state index is -0.979. The zero-order chi connectivity index (χ0) is 19.9. The van der Waals surface area contributed by atoms with Crippen molar-refractivity contribution in [2.75, 3.05) is 26.2 Å².